The Labute approximate surface area is 98.3 Å². The summed E-state index contributed by atoms with van der Waals surface area (Å²) < 4.78 is 13.0. The van der Waals surface area contributed by atoms with E-state index < -0.39 is 29.1 Å². The molecule has 0 aromatic heterocycles. The largest absolute Gasteiger partial charge is 0.507 e. The maximum Gasteiger partial charge on any atom is 0.339 e. The van der Waals surface area contributed by atoms with Crippen molar-refractivity contribution in [1.82, 2.24) is 0 Å². The molecule has 0 unspecified atom stereocenters. The van der Waals surface area contributed by atoms with E-state index in [9.17, 15) is 14.3 Å². The number of rotatable bonds is 3. The molecule has 4 nitrogen and oxygen atoms in total. The molecular weight excluding hydrogens is 237 g/mol. The molecule has 0 amide bonds. The minimum absolute atomic E-state index is 0. The molecule has 1 atom stereocenters. The first-order valence-corrected chi connectivity index (χ1v) is 4.48. The number of aromatic carboxylic acids is 1. The molecule has 0 saturated heterocycles. The number of benzene rings is 1. The van der Waals surface area contributed by atoms with E-state index in [1.54, 1.807) is 6.92 Å². The maximum absolute atomic E-state index is 13.0. The Morgan fingerprint density at radius 3 is 2.56 bits per heavy atom. The Kier molecular flexibility index (Phi) is 5.20. The smallest absolute Gasteiger partial charge is 0.339 e. The normalized spacial score (nSPS) is 11.7. The molecule has 0 radical (unpaired) electrons. The van der Waals surface area contributed by atoms with Crippen LogP contribution in [0.5, 0.6) is 5.75 Å². The van der Waals surface area contributed by atoms with E-state index in [0.717, 1.165) is 12.1 Å². The summed E-state index contributed by atoms with van der Waals surface area (Å²) in [5, 5.41) is 18.3. The Morgan fingerprint density at radius 1 is 1.56 bits per heavy atom. The van der Waals surface area contributed by atoms with Gasteiger partial charge < -0.3 is 15.9 Å². The number of phenols is 1. The van der Waals surface area contributed by atoms with Crippen molar-refractivity contribution < 1.29 is 19.4 Å². The predicted molar refractivity (Wildman–Crippen MR) is 59.5 cm³/mol. The van der Waals surface area contributed by atoms with E-state index in [2.05, 4.69) is 0 Å². The van der Waals surface area contributed by atoms with Gasteiger partial charge in [0.1, 0.15) is 17.1 Å². The SMILES string of the molecule is CC[C@@H](N)c1cc(F)cc(C(=O)O)c1O.Cl. The number of carboxylic acid groups (broad SMARTS) is 1. The molecule has 0 aliphatic carbocycles. The van der Waals surface area contributed by atoms with Gasteiger partial charge in [0.15, 0.2) is 0 Å². The van der Waals surface area contributed by atoms with Gasteiger partial charge in [0, 0.05) is 11.6 Å². The fraction of sp³-hybridized carbons (Fsp3) is 0.300. The van der Waals surface area contributed by atoms with Gasteiger partial charge in [-0.15, -0.1) is 12.4 Å². The lowest BCUT2D eigenvalue weighted by molar-refractivity contribution is 0.0693. The first-order valence-electron chi connectivity index (χ1n) is 4.48. The van der Waals surface area contributed by atoms with Crippen molar-refractivity contribution in [1.29, 1.82) is 0 Å². The molecular formula is C10H13ClFNO3. The first-order chi connectivity index (χ1) is 6.97. The van der Waals surface area contributed by atoms with E-state index in [4.69, 9.17) is 10.8 Å². The van der Waals surface area contributed by atoms with Gasteiger partial charge in [-0.1, -0.05) is 6.92 Å². The summed E-state index contributed by atoms with van der Waals surface area (Å²) in [4.78, 5) is 10.7. The zero-order valence-electron chi connectivity index (χ0n) is 8.61. The maximum atomic E-state index is 13.0. The van der Waals surface area contributed by atoms with Crippen LogP contribution in [0, 0.1) is 5.82 Å². The summed E-state index contributed by atoms with van der Waals surface area (Å²) in [5.41, 5.74) is 5.27. The Balaban J connectivity index is 0.00000225. The number of carbonyl (C=O) groups is 1. The Bertz CT molecular complexity index is 398. The van der Waals surface area contributed by atoms with Crippen molar-refractivity contribution in [2.45, 2.75) is 19.4 Å². The van der Waals surface area contributed by atoms with Gasteiger partial charge >= 0.3 is 5.97 Å². The lowest BCUT2D eigenvalue weighted by Gasteiger charge is -2.13. The van der Waals surface area contributed by atoms with Crippen LogP contribution in [0.3, 0.4) is 0 Å². The number of nitrogens with two attached hydrogens (primary N) is 1. The van der Waals surface area contributed by atoms with Crippen molar-refractivity contribution in [3.63, 3.8) is 0 Å². The van der Waals surface area contributed by atoms with Crippen molar-refractivity contribution in [2.75, 3.05) is 0 Å². The fourth-order valence-corrected chi connectivity index (χ4v) is 1.29. The van der Waals surface area contributed by atoms with Gasteiger partial charge in [0.05, 0.1) is 0 Å². The van der Waals surface area contributed by atoms with Gasteiger partial charge in [-0.3, -0.25) is 0 Å². The molecule has 4 N–H and O–H groups in total. The van der Waals surface area contributed by atoms with Gasteiger partial charge in [0.2, 0.25) is 0 Å². The van der Waals surface area contributed by atoms with Crippen LogP contribution >= 0.6 is 12.4 Å². The Morgan fingerprint density at radius 2 is 2.12 bits per heavy atom. The van der Waals surface area contributed by atoms with Crippen LogP contribution in [0.4, 0.5) is 4.39 Å². The minimum Gasteiger partial charge on any atom is -0.507 e. The van der Waals surface area contributed by atoms with Crippen LogP contribution in [0.15, 0.2) is 12.1 Å². The number of aromatic hydroxyl groups is 1. The third-order valence-electron chi connectivity index (χ3n) is 2.17. The molecule has 0 aliphatic heterocycles. The van der Waals surface area contributed by atoms with Crippen LogP contribution in [0.25, 0.3) is 0 Å². The summed E-state index contributed by atoms with van der Waals surface area (Å²) in [7, 11) is 0. The standard InChI is InChI=1S/C10H12FNO3.ClH/c1-2-8(12)6-3-5(11)4-7(9(6)13)10(14)15;/h3-4,8,13H,2,12H2,1H3,(H,14,15);1H/t8-;/m1./s1. The van der Waals surface area contributed by atoms with Crippen molar-refractivity contribution in [3.8, 4) is 5.75 Å². The fourth-order valence-electron chi connectivity index (χ4n) is 1.29. The monoisotopic (exact) mass is 249 g/mol. The second kappa shape index (κ2) is 5.67. The molecule has 0 aliphatic rings. The highest BCUT2D eigenvalue weighted by atomic mass is 35.5. The topological polar surface area (TPSA) is 83.6 Å². The first kappa shape index (κ1) is 14.7. The van der Waals surface area contributed by atoms with Gasteiger partial charge in [0.25, 0.3) is 0 Å². The van der Waals surface area contributed by atoms with Gasteiger partial charge in [-0.2, -0.15) is 0 Å². The van der Waals surface area contributed by atoms with Crippen LogP contribution < -0.4 is 5.73 Å². The van der Waals surface area contributed by atoms with Crippen molar-refractivity contribution in [3.05, 3.63) is 29.1 Å². The third kappa shape index (κ3) is 2.84. The molecule has 16 heavy (non-hydrogen) atoms. The minimum atomic E-state index is -1.38. The molecule has 0 bridgehead atoms. The van der Waals surface area contributed by atoms with E-state index >= 15 is 0 Å². The quantitative estimate of drug-likeness (QED) is 0.766. The highest BCUT2D eigenvalue weighted by Gasteiger charge is 2.18. The van der Waals surface area contributed by atoms with Crippen LogP contribution in [-0.2, 0) is 0 Å². The molecule has 1 rings (SSSR count). The van der Waals surface area contributed by atoms with E-state index in [1.807, 2.05) is 0 Å². The van der Waals surface area contributed by atoms with E-state index in [-0.39, 0.29) is 18.0 Å². The molecule has 0 saturated carbocycles. The van der Waals surface area contributed by atoms with Gasteiger partial charge in [-0.25, -0.2) is 9.18 Å². The van der Waals surface area contributed by atoms with Crippen molar-refractivity contribution >= 4 is 18.4 Å². The van der Waals surface area contributed by atoms with E-state index in [1.165, 1.54) is 0 Å². The zero-order valence-corrected chi connectivity index (χ0v) is 9.42. The summed E-state index contributed by atoms with van der Waals surface area (Å²) in [5.74, 6) is -2.56. The second-order valence-electron chi connectivity index (χ2n) is 3.21. The van der Waals surface area contributed by atoms with E-state index in [0.29, 0.717) is 6.42 Å². The summed E-state index contributed by atoms with van der Waals surface area (Å²) in [6.07, 6.45) is 0.482. The Hall–Kier alpha value is -1.33. The van der Waals surface area contributed by atoms with Crippen LogP contribution in [0.2, 0.25) is 0 Å². The highest BCUT2D eigenvalue weighted by Crippen LogP contribution is 2.29. The highest BCUT2D eigenvalue weighted by molar-refractivity contribution is 5.91. The number of halogens is 2. The second-order valence-corrected chi connectivity index (χ2v) is 3.21. The summed E-state index contributed by atoms with van der Waals surface area (Å²) in [6, 6.07) is 1.25. The molecule has 6 heteroatoms. The molecule has 1 aromatic rings. The van der Waals surface area contributed by atoms with Gasteiger partial charge in [-0.05, 0) is 18.6 Å². The van der Waals surface area contributed by atoms with Crippen LogP contribution in [0.1, 0.15) is 35.3 Å². The predicted octanol–water partition coefficient (Wildman–Crippen LogP) is 2.06. The average Bonchev–Trinajstić information content (AvgIpc) is 2.19. The lowest BCUT2D eigenvalue weighted by Crippen LogP contribution is -2.11. The molecule has 0 spiro atoms. The third-order valence-corrected chi connectivity index (χ3v) is 2.17. The summed E-state index contributed by atoms with van der Waals surface area (Å²) in [6.45, 7) is 1.76. The lowest BCUT2D eigenvalue weighted by atomic mass is 10.0. The number of hydrogen-bond donors (Lipinski definition) is 3. The number of carboxylic acids is 1. The molecule has 0 heterocycles. The molecule has 90 valence electrons. The number of hydrogen-bond acceptors (Lipinski definition) is 3. The molecule has 0 fully saturated rings. The zero-order chi connectivity index (χ0) is 11.6. The van der Waals surface area contributed by atoms with Crippen LogP contribution in [-0.4, -0.2) is 16.2 Å². The average molecular weight is 250 g/mol. The summed E-state index contributed by atoms with van der Waals surface area (Å²) >= 11 is 0. The van der Waals surface area contributed by atoms with Crippen molar-refractivity contribution in [2.24, 2.45) is 5.73 Å². The molecule has 1 aromatic carbocycles.